The molecule has 1 aliphatic carbocycles. The highest BCUT2D eigenvalue weighted by Crippen LogP contribution is 2.30. The highest BCUT2D eigenvalue weighted by Gasteiger charge is 2.25. The van der Waals surface area contributed by atoms with Crippen LogP contribution in [-0.4, -0.2) is 57.8 Å². The summed E-state index contributed by atoms with van der Waals surface area (Å²) in [5, 5.41) is 31.6. The fourth-order valence-corrected chi connectivity index (χ4v) is 1.28. The van der Waals surface area contributed by atoms with E-state index in [0.29, 0.717) is 12.5 Å². The Bertz CT molecular complexity index is 387. The van der Waals surface area contributed by atoms with Crippen molar-refractivity contribution in [1.82, 2.24) is 5.32 Å². The van der Waals surface area contributed by atoms with Crippen LogP contribution < -0.4 is 5.32 Å². The maximum absolute atomic E-state index is 9.62. The van der Waals surface area contributed by atoms with E-state index >= 15 is 0 Å². The third kappa shape index (κ3) is 12.1. The van der Waals surface area contributed by atoms with Crippen molar-refractivity contribution in [3.8, 4) is 0 Å². The van der Waals surface area contributed by atoms with Gasteiger partial charge in [0.05, 0.1) is 5.71 Å². The Kier molecular flexibility index (Phi) is 8.66. The summed E-state index contributed by atoms with van der Waals surface area (Å²) in [5.74, 6) is -3.02. The van der Waals surface area contributed by atoms with Gasteiger partial charge in [0.25, 0.3) is 0 Å². The zero-order valence-corrected chi connectivity index (χ0v) is 13.5. The zero-order chi connectivity index (χ0) is 17.3. The maximum atomic E-state index is 9.62. The zero-order valence-electron chi connectivity index (χ0n) is 13.5. The van der Waals surface area contributed by atoms with Crippen molar-refractivity contribution >= 4 is 17.7 Å². The van der Waals surface area contributed by atoms with E-state index in [2.05, 4.69) is 31.2 Å². The van der Waals surface area contributed by atoms with Gasteiger partial charge in [-0.15, -0.1) is 0 Å². The van der Waals surface area contributed by atoms with Gasteiger partial charge in [-0.05, 0) is 40.5 Å². The molecule has 1 saturated carbocycles. The number of nitrogens with zero attached hydrogens (tertiary/aromatic N) is 1. The first-order valence-corrected chi connectivity index (χ1v) is 7.08. The van der Waals surface area contributed by atoms with Crippen LogP contribution in [0.25, 0.3) is 0 Å². The predicted octanol–water partition coefficient (Wildman–Crippen LogP) is 0.694. The van der Waals surface area contributed by atoms with Crippen molar-refractivity contribution in [2.75, 3.05) is 13.2 Å². The molecule has 1 unspecified atom stereocenters. The van der Waals surface area contributed by atoms with E-state index in [9.17, 15) is 5.11 Å². The van der Waals surface area contributed by atoms with Crippen LogP contribution in [0.5, 0.6) is 0 Å². The number of oxime groups is 1. The quantitative estimate of drug-likeness (QED) is 0.322. The van der Waals surface area contributed by atoms with E-state index in [1.54, 1.807) is 0 Å². The molecular formula is C14H26N2O6. The molecule has 0 amide bonds. The van der Waals surface area contributed by atoms with E-state index < -0.39 is 18.0 Å². The van der Waals surface area contributed by atoms with Crippen molar-refractivity contribution in [2.24, 2.45) is 11.1 Å². The number of hydrogen-bond acceptors (Lipinski definition) is 6. The third-order valence-electron chi connectivity index (χ3n) is 2.69. The molecule has 0 bridgehead atoms. The van der Waals surface area contributed by atoms with E-state index in [0.717, 1.165) is 5.71 Å². The molecule has 22 heavy (non-hydrogen) atoms. The first-order valence-electron chi connectivity index (χ1n) is 7.08. The number of hydrogen-bond donors (Lipinski definition) is 4. The Morgan fingerprint density at radius 1 is 1.27 bits per heavy atom. The SMILES string of the molecule is CC(=NOCC(O)CNC(C)(C)C)C1CC1.O=C(O)C(=O)O. The van der Waals surface area contributed by atoms with Crippen molar-refractivity contribution in [1.29, 1.82) is 0 Å². The number of carboxylic acid groups (broad SMARTS) is 2. The standard InChI is InChI=1S/C12H24N2O2.C2H2O4/c1-9(10-5-6-10)14-16-8-11(15)7-13-12(2,3)4;3-1(4)2(5)6/h10-11,13,15H,5-8H2,1-4H3;(H,3,4)(H,5,6). The molecule has 1 atom stereocenters. The monoisotopic (exact) mass is 318 g/mol. The summed E-state index contributed by atoms with van der Waals surface area (Å²) in [6.07, 6.45) is 1.95. The lowest BCUT2D eigenvalue weighted by Gasteiger charge is -2.22. The van der Waals surface area contributed by atoms with Crippen LogP contribution in [0.2, 0.25) is 0 Å². The lowest BCUT2D eigenvalue weighted by Crippen LogP contribution is -2.42. The molecule has 0 aromatic heterocycles. The number of carbonyl (C=O) groups is 2. The van der Waals surface area contributed by atoms with Gasteiger partial charge in [0.1, 0.15) is 12.7 Å². The molecule has 8 nitrogen and oxygen atoms in total. The summed E-state index contributed by atoms with van der Waals surface area (Å²) in [6.45, 7) is 8.97. The summed E-state index contributed by atoms with van der Waals surface area (Å²) < 4.78 is 0. The van der Waals surface area contributed by atoms with E-state index in [1.165, 1.54) is 12.8 Å². The fourth-order valence-electron chi connectivity index (χ4n) is 1.28. The molecule has 1 fully saturated rings. The van der Waals surface area contributed by atoms with Gasteiger partial charge in [-0.3, -0.25) is 0 Å². The van der Waals surface area contributed by atoms with Crippen LogP contribution in [0.15, 0.2) is 5.16 Å². The van der Waals surface area contributed by atoms with Gasteiger partial charge in [-0.2, -0.15) is 0 Å². The number of rotatable bonds is 6. The highest BCUT2D eigenvalue weighted by molar-refractivity contribution is 6.27. The number of aliphatic hydroxyl groups is 1. The Morgan fingerprint density at radius 3 is 2.14 bits per heavy atom. The second kappa shape index (κ2) is 9.37. The van der Waals surface area contributed by atoms with Crippen molar-refractivity contribution in [2.45, 2.75) is 52.2 Å². The molecule has 0 heterocycles. The molecule has 0 radical (unpaired) electrons. The van der Waals surface area contributed by atoms with Crippen molar-refractivity contribution < 1.29 is 29.7 Å². The number of nitrogens with one attached hydrogen (secondary N) is 1. The summed E-state index contributed by atoms with van der Waals surface area (Å²) in [6, 6.07) is 0. The molecule has 0 aromatic carbocycles. The lowest BCUT2D eigenvalue weighted by atomic mass is 10.1. The topological polar surface area (TPSA) is 128 Å². The Balaban J connectivity index is 0.000000626. The number of β-amino-alcohol motifs (C(OH)–C–C–N with tert-alkyl or cyclic N) is 1. The van der Waals surface area contributed by atoms with Gasteiger partial charge in [0, 0.05) is 18.0 Å². The minimum Gasteiger partial charge on any atom is -0.473 e. The van der Waals surface area contributed by atoms with Crippen molar-refractivity contribution in [3.05, 3.63) is 0 Å². The maximum Gasteiger partial charge on any atom is 0.414 e. The Hall–Kier alpha value is -1.67. The molecule has 4 N–H and O–H groups in total. The van der Waals surface area contributed by atoms with Gasteiger partial charge in [0.2, 0.25) is 0 Å². The minimum atomic E-state index is -1.82. The van der Waals surface area contributed by atoms with Gasteiger partial charge in [0.15, 0.2) is 0 Å². The van der Waals surface area contributed by atoms with Crippen LogP contribution in [-0.2, 0) is 14.4 Å². The minimum absolute atomic E-state index is 0.0220. The predicted molar refractivity (Wildman–Crippen MR) is 80.8 cm³/mol. The molecule has 0 aromatic rings. The van der Waals surface area contributed by atoms with Crippen LogP contribution in [0.1, 0.15) is 40.5 Å². The normalized spacial score (nSPS) is 16.3. The molecule has 1 aliphatic rings. The largest absolute Gasteiger partial charge is 0.473 e. The number of aliphatic hydroxyl groups excluding tert-OH is 1. The second-order valence-electron chi connectivity index (χ2n) is 6.20. The van der Waals surface area contributed by atoms with Crippen LogP contribution in [0.3, 0.4) is 0 Å². The first-order chi connectivity index (χ1) is 10.0. The van der Waals surface area contributed by atoms with Crippen LogP contribution in [0, 0.1) is 5.92 Å². The van der Waals surface area contributed by atoms with Gasteiger partial charge < -0.3 is 25.5 Å². The molecule has 1 rings (SSSR count). The molecule has 8 heteroatoms. The van der Waals surface area contributed by atoms with Crippen LogP contribution in [0.4, 0.5) is 0 Å². The Labute approximate surface area is 130 Å². The molecule has 0 aliphatic heterocycles. The van der Waals surface area contributed by atoms with E-state index in [4.69, 9.17) is 24.6 Å². The lowest BCUT2D eigenvalue weighted by molar-refractivity contribution is -0.159. The smallest absolute Gasteiger partial charge is 0.414 e. The molecular weight excluding hydrogens is 292 g/mol. The van der Waals surface area contributed by atoms with E-state index in [1.807, 2.05) is 6.92 Å². The average molecular weight is 318 g/mol. The van der Waals surface area contributed by atoms with Gasteiger partial charge in [-0.1, -0.05) is 5.16 Å². The fraction of sp³-hybridized carbons (Fsp3) is 0.786. The van der Waals surface area contributed by atoms with E-state index in [-0.39, 0.29) is 12.1 Å². The van der Waals surface area contributed by atoms with Crippen LogP contribution >= 0.6 is 0 Å². The van der Waals surface area contributed by atoms with Gasteiger partial charge in [-0.25, -0.2) is 9.59 Å². The number of carboxylic acids is 2. The molecule has 0 spiro atoms. The molecule has 0 saturated heterocycles. The highest BCUT2D eigenvalue weighted by atomic mass is 16.6. The number of aliphatic carboxylic acids is 2. The van der Waals surface area contributed by atoms with Crippen molar-refractivity contribution in [3.63, 3.8) is 0 Å². The Morgan fingerprint density at radius 2 is 1.77 bits per heavy atom. The second-order valence-corrected chi connectivity index (χ2v) is 6.20. The average Bonchev–Trinajstić information content (AvgIpc) is 3.20. The summed E-state index contributed by atoms with van der Waals surface area (Å²) >= 11 is 0. The summed E-state index contributed by atoms with van der Waals surface area (Å²) in [7, 11) is 0. The summed E-state index contributed by atoms with van der Waals surface area (Å²) in [5.41, 5.74) is 1.07. The first kappa shape index (κ1) is 20.3. The third-order valence-corrected chi connectivity index (χ3v) is 2.69. The van der Waals surface area contributed by atoms with Gasteiger partial charge >= 0.3 is 11.9 Å². The summed E-state index contributed by atoms with van der Waals surface area (Å²) in [4.78, 5) is 23.3. The molecule has 128 valence electrons.